The highest BCUT2D eigenvalue weighted by Gasteiger charge is 2.22. The van der Waals surface area contributed by atoms with Crippen LogP contribution < -0.4 is 4.74 Å². The van der Waals surface area contributed by atoms with E-state index >= 15 is 0 Å². The van der Waals surface area contributed by atoms with Crippen LogP contribution in [0.4, 0.5) is 0 Å². The molecule has 0 bridgehead atoms. The Morgan fingerprint density at radius 1 is 1.15 bits per heavy atom. The number of aromatic nitrogens is 2. The fraction of sp³-hybridized carbons (Fsp3) is 0.100. The summed E-state index contributed by atoms with van der Waals surface area (Å²) in [5.41, 5.74) is 3.14. The van der Waals surface area contributed by atoms with Gasteiger partial charge >= 0.3 is 5.97 Å². The van der Waals surface area contributed by atoms with Gasteiger partial charge in [-0.1, -0.05) is 53.8 Å². The standard InChI is InChI=1S/C20H16N2O3S/c1-2-25-16-11-7-6-10-14(16)15-12-22-17(13-8-4-3-5-9-13)18(19(23)24)26-20(22)21-15/h3-12H,2H2,1H3,(H,23,24). The van der Waals surface area contributed by atoms with Crippen molar-refractivity contribution in [2.24, 2.45) is 0 Å². The summed E-state index contributed by atoms with van der Waals surface area (Å²) in [6.45, 7) is 2.51. The maximum absolute atomic E-state index is 11.7. The van der Waals surface area contributed by atoms with Gasteiger partial charge in [0, 0.05) is 17.3 Å². The molecule has 26 heavy (non-hydrogen) atoms. The summed E-state index contributed by atoms with van der Waals surface area (Å²) in [4.78, 5) is 17.3. The van der Waals surface area contributed by atoms with Gasteiger partial charge in [-0.05, 0) is 19.1 Å². The molecule has 0 aliphatic carbocycles. The van der Waals surface area contributed by atoms with Gasteiger partial charge in [-0.3, -0.25) is 4.40 Å². The molecule has 0 fully saturated rings. The van der Waals surface area contributed by atoms with Crippen LogP contribution in [0.25, 0.3) is 27.5 Å². The summed E-state index contributed by atoms with van der Waals surface area (Å²) in [5, 5.41) is 9.60. The van der Waals surface area contributed by atoms with Gasteiger partial charge in [0.05, 0.1) is 18.0 Å². The molecular weight excluding hydrogens is 348 g/mol. The molecular formula is C20H16N2O3S. The number of benzene rings is 2. The average Bonchev–Trinajstić information content (AvgIpc) is 3.21. The Hall–Kier alpha value is -3.12. The fourth-order valence-electron chi connectivity index (χ4n) is 2.95. The topological polar surface area (TPSA) is 63.8 Å². The zero-order valence-electron chi connectivity index (χ0n) is 14.0. The van der Waals surface area contributed by atoms with E-state index in [1.165, 1.54) is 11.3 Å². The third-order valence-electron chi connectivity index (χ3n) is 4.03. The quantitative estimate of drug-likeness (QED) is 0.551. The number of hydrogen-bond acceptors (Lipinski definition) is 4. The van der Waals surface area contributed by atoms with Crippen LogP contribution in [0.2, 0.25) is 0 Å². The first-order chi connectivity index (χ1) is 12.7. The van der Waals surface area contributed by atoms with Gasteiger partial charge in [0.2, 0.25) is 0 Å². The van der Waals surface area contributed by atoms with Crippen LogP contribution in [-0.2, 0) is 0 Å². The van der Waals surface area contributed by atoms with Crippen molar-refractivity contribution >= 4 is 22.3 Å². The SMILES string of the molecule is CCOc1ccccc1-c1cn2c(-c3ccccc3)c(C(=O)O)sc2n1. The number of carboxylic acids is 1. The molecule has 0 radical (unpaired) electrons. The summed E-state index contributed by atoms with van der Waals surface area (Å²) in [6.07, 6.45) is 1.87. The number of carboxylic acid groups (broad SMARTS) is 1. The molecule has 0 aliphatic heterocycles. The lowest BCUT2D eigenvalue weighted by Gasteiger charge is -2.07. The minimum atomic E-state index is -0.949. The average molecular weight is 364 g/mol. The number of imidazole rings is 1. The molecule has 0 saturated carbocycles. The first-order valence-corrected chi connectivity index (χ1v) is 9.03. The van der Waals surface area contributed by atoms with Crippen LogP contribution in [0.1, 0.15) is 16.6 Å². The third kappa shape index (κ3) is 2.74. The maximum atomic E-state index is 11.7. The monoisotopic (exact) mass is 364 g/mol. The van der Waals surface area contributed by atoms with Crippen LogP contribution in [-0.4, -0.2) is 27.1 Å². The van der Waals surface area contributed by atoms with Crippen molar-refractivity contribution in [3.63, 3.8) is 0 Å². The Morgan fingerprint density at radius 2 is 1.88 bits per heavy atom. The maximum Gasteiger partial charge on any atom is 0.348 e. The van der Waals surface area contributed by atoms with Gasteiger partial charge in [-0.2, -0.15) is 0 Å². The molecule has 1 N–H and O–H groups in total. The summed E-state index contributed by atoms with van der Waals surface area (Å²) < 4.78 is 7.55. The lowest BCUT2D eigenvalue weighted by atomic mass is 10.1. The van der Waals surface area contributed by atoms with Gasteiger partial charge in [0.15, 0.2) is 4.96 Å². The first kappa shape index (κ1) is 16.4. The molecule has 2 heterocycles. The molecule has 4 rings (SSSR count). The van der Waals surface area contributed by atoms with Crippen molar-refractivity contribution in [1.82, 2.24) is 9.38 Å². The minimum absolute atomic E-state index is 0.281. The van der Waals surface area contributed by atoms with Crippen molar-refractivity contribution < 1.29 is 14.6 Å². The zero-order chi connectivity index (χ0) is 18.1. The van der Waals surface area contributed by atoms with Crippen molar-refractivity contribution in [3.8, 4) is 28.3 Å². The molecule has 2 aromatic carbocycles. The van der Waals surface area contributed by atoms with Crippen molar-refractivity contribution in [3.05, 3.63) is 65.7 Å². The minimum Gasteiger partial charge on any atom is -0.493 e. The number of nitrogens with zero attached hydrogens (tertiary/aromatic N) is 2. The first-order valence-electron chi connectivity index (χ1n) is 8.22. The third-order valence-corrected chi connectivity index (χ3v) is 5.07. The second-order valence-electron chi connectivity index (χ2n) is 5.66. The zero-order valence-corrected chi connectivity index (χ0v) is 14.9. The molecule has 0 atom stereocenters. The Balaban J connectivity index is 1.92. The Morgan fingerprint density at radius 3 is 2.62 bits per heavy atom. The van der Waals surface area contributed by atoms with Crippen molar-refractivity contribution in [1.29, 1.82) is 0 Å². The predicted octanol–water partition coefficient (Wildman–Crippen LogP) is 4.83. The van der Waals surface area contributed by atoms with E-state index in [-0.39, 0.29) is 4.88 Å². The summed E-state index contributed by atoms with van der Waals surface area (Å²) in [6, 6.07) is 17.2. The molecule has 0 spiro atoms. The van der Waals surface area contributed by atoms with Gasteiger partial charge in [-0.25, -0.2) is 9.78 Å². The Labute approximate surface area is 154 Å². The van der Waals surface area contributed by atoms with Gasteiger partial charge in [-0.15, -0.1) is 0 Å². The largest absolute Gasteiger partial charge is 0.493 e. The highest BCUT2D eigenvalue weighted by atomic mass is 32.1. The van der Waals surface area contributed by atoms with E-state index in [0.29, 0.717) is 17.3 Å². The van der Waals surface area contributed by atoms with Gasteiger partial charge in [0.1, 0.15) is 10.6 Å². The van der Waals surface area contributed by atoms with E-state index in [1.807, 2.05) is 72.1 Å². The van der Waals surface area contributed by atoms with E-state index in [0.717, 1.165) is 22.6 Å². The Kier molecular flexibility index (Phi) is 4.18. The molecule has 5 nitrogen and oxygen atoms in total. The van der Waals surface area contributed by atoms with Crippen molar-refractivity contribution in [2.45, 2.75) is 6.92 Å². The molecule has 130 valence electrons. The number of thiazole rings is 1. The smallest absolute Gasteiger partial charge is 0.348 e. The van der Waals surface area contributed by atoms with E-state index in [9.17, 15) is 9.90 Å². The summed E-state index contributed by atoms with van der Waals surface area (Å²) in [5.74, 6) is -0.184. The molecule has 4 aromatic rings. The number of rotatable bonds is 5. The predicted molar refractivity (Wildman–Crippen MR) is 102 cm³/mol. The number of para-hydroxylation sites is 1. The second kappa shape index (κ2) is 6.65. The molecule has 0 amide bonds. The number of ether oxygens (including phenoxy) is 1. The highest BCUT2D eigenvalue weighted by Crippen LogP contribution is 2.36. The number of fused-ring (bicyclic) bond motifs is 1. The van der Waals surface area contributed by atoms with E-state index in [4.69, 9.17) is 4.74 Å². The molecule has 0 unspecified atom stereocenters. The van der Waals surface area contributed by atoms with Crippen molar-refractivity contribution in [2.75, 3.05) is 6.61 Å². The summed E-state index contributed by atoms with van der Waals surface area (Å²) in [7, 11) is 0. The highest BCUT2D eigenvalue weighted by molar-refractivity contribution is 7.19. The molecule has 0 saturated heterocycles. The van der Waals surface area contributed by atoms with E-state index in [2.05, 4.69) is 4.98 Å². The molecule has 2 aromatic heterocycles. The number of aromatic carboxylic acids is 1. The lowest BCUT2D eigenvalue weighted by molar-refractivity contribution is 0.0702. The molecule has 0 aliphatic rings. The van der Waals surface area contributed by atoms with Crippen LogP contribution in [0.3, 0.4) is 0 Å². The fourth-order valence-corrected chi connectivity index (χ4v) is 3.91. The number of hydrogen-bond donors (Lipinski definition) is 1. The Bertz CT molecular complexity index is 1080. The van der Waals surface area contributed by atoms with Gasteiger partial charge in [0.25, 0.3) is 0 Å². The second-order valence-corrected chi connectivity index (χ2v) is 6.64. The van der Waals surface area contributed by atoms with Crippen LogP contribution >= 0.6 is 11.3 Å². The van der Waals surface area contributed by atoms with Gasteiger partial charge < -0.3 is 9.84 Å². The van der Waals surface area contributed by atoms with Crippen LogP contribution in [0, 0.1) is 0 Å². The van der Waals surface area contributed by atoms with Crippen LogP contribution in [0.15, 0.2) is 60.8 Å². The van der Waals surface area contributed by atoms with E-state index < -0.39 is 5.97 Å². The van der Waals surface area contributed by atoms with Crippen LogP contribution in [0.5, 0.6) is 5.75 Å². The summed E-state index contributed by atoms with van der Waals surface area (Å²) >= 11 is 1.17. The lowest BCUT2D eigenvalue weighted by Crippen LogP contribution is -1.97. The normalized spacial score (nSPS) is 11.0. The molecule has 6 heteroatoms. The number of carbonyl (C=O) groups is 1. The van der Waals surface area contributed by atoms with E-state index in [1.54, 1.807) is 0 Å².